The summed E-state index contributed by atoms with van der Waals surface area (Å²) in [6.07, 6.45) is 0.0631. The summed E-state index contributed by atoms with van der Waals surface area (Å²) in [4.78, 5) is 27.4. The fourth-order valence-corrected chi connectivity index (χ4v) is 4.28. The molecular weight excluding hydrogens is 454 g/mol. The molecule has 1 aliphatic rings. The number of amides is 3. The summed E-state index contributed by atoms with van der Waals surface area (Å²) >= 11 is 0. The quantitative estimate of drug-likeness (QED) is 0.440. The molecule has 0 saturated carbocycles. The molecule has 0 fully saturated rings. The Morgan fingerprint density at radius 1 is 1.06 bits per heavy atom. The zero-order chi connectivity index (χ0) is 25.7. The van der Waals surface area contributed by atoms with Crippen molar-refractivity contribution < 1.29 is 19.1 Å². The summed E-state index contributed by atoms with van der Waals surface area (Å²) in [5.74, 6) is 1.81. The summed E-state index contributed by atoms with van der Waals surface area (Å²) < 4.78 is 11.4. The van der Waals surface area contributed by atoms with E-state index in [4.69, 9.17) is 9.47 Å². The van der Waals surface area contributed by atoms with Gasteiger partial charge in [0, 0.05) is 30.0 Å². The lowest BCUT2D eigenvalue weighted by atomic mass is 10.0. The second-order valence-electron chi connectivity index (χ2n) is 9.26. The molecule has 0 spiro atoms. The number of fused-ring (bicyclic) bond motifs is 1. The summed E-state index contributed by atoms with van der Waals surface area (Å²) in [6.45, 7) is 6.94. The van der Waals surface area contributed by atoms with Gasteiger partial charge < -0.3 is 25.0 Å². The van der Waals surface area contributed by atoms with E-state index in [1.807, 2.05) is 54.6 Å². The van der Waals surface area contributed by atoms with Crippen molar-refractivity contribution in [2.75, 3.05) is 24.3 Å². The number of nitrogens with one attached hydrogen (secondary N) is 2. The summed E-state index contributed by atoms with van der Waals surface area (Å²) in [7, 11) is 1.65. The molecule has 188 valence electrons. The maximum Gasteiger partial charge on any atom is 0.323 e. The maximum absolute atomic E-state index is 13.0. The van der Waals surface area contributed by atoms with Gasteiger partial charge in [-0.05, 0) is 66.8 Å². The second kappa shape index (κ2) is 11.2. The van der Waals surface area contributed by atoms with Crippen molar-refractivity contribution in [3.05, 3.63) is 83.4 Å². The molecule has 0 bridgehead atoms. The molecule has 7 nitrogen and oxygen atoms in total. The summed E-state index contributed by atoms with van der Waals surface area (Å²) in [5, 5.41) is 5.75. The first-order valence-corrected chi connectivity index (χ1v) is 12.2. The topological polar surface area (TPSA) is 79.9 Å². The molecule has 3 amide bonds. The van der Waals surface area contributed by atoms with E-state index in [2.05, 4.69) is 24.5 Å². The standard InChI is InChI=1S/C29H33N3O4/c1-19(2)21-9-11-24(12-10-21)30-29(34)31-25-13-14-27-23(17-25)18-32(28(33)20(3)36-27)16-15-22-7-5-6-8-26(22)35-4/h5-14,17,19-20H,15-16,18H2,1-4H3,(H2,30,31,34). The molecule has 36 heavy (non-hydrogen) atoms. The predicted octanol–water partition coefficient (Wildman–Crippen LogP) is 5.81. The van der Waals surface area contributed by atoms with E-state index in [9.17, 15) is 9.59 Å². The molecule has 1 unspecified atom stereocenters. The van der Waals surface area contributed by atoms with E-state index in [1.54, 1.807) is 31.1 Å². The van der Waals surface area contributed by atoms with Crippen LogP contribution in [-0.4, -0.2) is 36.6 Å². The Bertz CT molecular complexity index is 1220. The van der Waals surface area contributed by atoms with Gasteiger partial charge in [-0.1, -0.05) is 44.2 Å². The number of urea groups is 1. The number of hydrogen-bond donors (Lipinski definition) is 2. The van der Waals surface area contributed by atoms with Gasteiger partial charge >= 0.3 is 6.03 Å². The first-order valence-electron chi connectivity index (χ1n) is 12.2. The SMILES string of the molecule is COc1ccccc1CCN1Cc2cc(NC(=O)Nc3ccc(C(C)C)cc3)ccc2OC(C)C1=O. The van der Waals surface area contributed by atoms with Gasteiger partial charge in [0.2, 0.25) is 0 Å². The Hall–Kier alpha value is -4.00. The highest BCUT2D eigenvalue weighted by molar-refractivity contribution is 5.99. The van der Waals surface area contributed by atoms with Gasteiger partial charge in [0.15, 0.2) is 6.10 Å². The number of nitrogens with zero attached hydrogens (tertiary/aromatic N) is 1. The van der Waals surface area contributed by atoms with Crippen LogP contribution in [-0.2, 0) is 17.8 Å². The van der Waals surface area contributed by atoms with Crippen LogP contribution < -0.4 is 20.1 Å². The van der Waals surface area contributed by atoms with Crippen LogP contribution >= 0.6 is 0 Å². The van der Waals surface area contributed by atoms with Crippen molar-refractivity contribution in [1.29, 1.82) is 0 Å². The number of rotatable bonds is 7. The smallest absolute Gasteiger partial charge is 0.323 e. The molecule has 0 aromatic heterocycles. The van der Waals surface area contributed by atoms with Crippen LogP contribution in [0.2, 0.25) is 0 Å². The number of anilines is 2. The molecule has 4 rings (SSSR count). The Morgan fingerprint density at radius 3 is 2.47 bits per heavy atom. The van der Waals surface area contributed by atoms with Gasteiger partial charge in [0.25, 0.3) is 5.91 Å². The Balaban J connectivity index is 1.45. The molecule has 1 atom stereocenters. The van der Waals surface area contributed by atoms with E-state index in [1.165, 1.54) is 5.56 Å². The molecule has 2 N–H and O–H groups in total. The molecule has 0 aliphatic carbocycles. The van der Waals surface area contributed by atoms with Crippen LogP contribution in [0.3, 0.4) is 0 Å². The molecule has 0 radical (unpaired) electrons. The first-order chi connectivity index (χ1) is 17.3. The van der Waals surface area contributed by atoms with E-state index >= 15 is 0 Å². The van der Waals surface area contributed by atoms with Gasteiger partial charge in [-0.3, -0.25) is 4.79 Å². The van der Waals surface area contributed by atoms with Crippen molar-refractivity contribution in [3.8, 4) is 11.5 Å². The average Bonchev–Trinajstić information content (AvgIpc) is 2.98. The van der Waals surface area contributed by atoms with Crippen molar-refractivity contribution in [2.45, 2.75) is 45.8 Å². The maximum atomic E-state index is 13.0. The Morgan fingerprint density at radius 2 is 1.75 bits per heavy atom. The fraction of sp³-hybridized carbons (Fsp3) is 0.310. The van der Waals surface area contributed by atoms with Crippen LogP contribution in [0.5, 0.6) is 11.5 Å². The Kier molecular flexibility index (Phi) is 7.78. The van der Waals surface area contributed by atoms with Crippen molar-refractivity contribution in [3.63, 3.8) is 0 Å². The average molecular weight is 488 g/mol. The van der Waals surface area contributed by atoms with Crippen molar-refractivity contribution in [2.24, 2.45) is 0 Å². The van der Waals surface area contributed by atoms with E-state index in [0.717, 1.165) is 22.6 Å². The molecule has 1 aliphatic heterocycles. The van der Waals surface area contributed by atoms with Gasteiger partial charge in [0.05, 0.1) is 7.11 Å². The lowest BCUT2D eigenvalue weighted by Crippen LogP contribution is -2.39. The van der Waals surface area contributed by atoms with Crippen LogP contribution in [0, 0.1) is 0 Å². The Labute approximate surface area is 212 Å². The van der Waals surface area contributed by atoms with Gasteiger partial charge in [-0.2, -0.15) is 0 Å². The molecule has 7 heteroatoms. The number of methoxy groups -OCH3 is 1. The lowest BCUT2D eigenvalue weighted by Gasteiger charge is -2.22. The summed E-state index contributed by atoms with van der Waals surface area (Å²) in [6, 6.07) is 20.7. The minimum atomic E-state index is -0.597. The zero-order valence-electron chi connectivity index (χ0n) is 21.2. The van der Waals surface area contributed by atoms with Crippen LogP contribution in [0.1, 0.15) is 43.4 Å². The zero-order valence-corrected chi connectivity index (χ0v) is 21.2. The minimum absolute atomic E-state index is 0.0711. The largest absolute Gasteiger partial charge is 0.496 e. The first kappa shape index (κ1) is 25.1. The minimum Gasteiger partial charge on any atom is -0.496 e. The number of hydrogen-bond acceptors (Lipinski definition) is 4. The van der Waals surface area contributed by atoms with Crippen LogP contribution in [0.15, 0.2) is 66.7 Å². The van der Waals surface area contributed by atoms with Gasteiger partial charge in [0.1, 0.15) is 11.5 Å². The number of para-hydroxylation sites is 1. The molecule has 1 heterocycles. The number of carbonyl (C=O) groups excluding carboxylic acids is 2. The third-order valence-corrected chi connectivity index (χ3v) is 6.32. The molecular formula is C29H33N3O4. The predicted molar refractivity (Wildman–Crippen MR) is 142 cm³/mol. The molecule has 3 aromatic rings. The van der Waals surface area contributed by atoms with Crippen molar-refractivity contribution in [1.82, 2.24) is 4.90 Å². The number of benzene rings is 3. The highest BCUT2D eigenvalue weighted by Gasteiger charge is 2.28. The normalized spacial score (nSPS) is 15.1. The van der Waals surface area contributed by atoms with Crippen LogP contribution in [0.4, 0.5) is 16.2 Å². The second-order valence-corrected chi connectivity index (χ2v) is 9.26. The third-order valence-electron chi connectivity index (χ3n) is 6.32. The molecule has 0 saturated heterocycles. The van der Waals surface area contributed by atoms with Crippen LogP contribution in [0.25, 0.3) is 0 Å². The van der Waals surface area contributed by atoms with Crippen molar-refractivity contribution >= 4 is 23.3 Å². The highest BCUT2D eigenvalue weighted by Crippen LogP contribution is 2.29. The monoisotopic (exact) mass is 487 g/mol. The summed E-state index contributed by atoms with van der Waals surface area (Å²) in [5.41, 5.74) is 4.44. The number of ether oxygens (including phenoxy) is 2. The highest BCUT2D eigenvalue weighted by atomic mass is 16.5. The van der Waals surface area contributed by atoms with E-state index in [0.29, 0.717) is 36.9 Å². The lowest BCUT2D eigenvalue weighted by molar-refractivity contribution is -0.137. The van der Waals surface area contributed by atoms with E-state index in [-0.39, 0.29) is 11.9 Å². The number of carbonyl (C=O) groups is 2. The van der Waals surface area contributed by atoms with Gasteiger partial charge in [-0.15, -0.1) is 0 Å². The molecule has 3 aromatic carbocycles. The third kappa shape index (κ3) is 5.97. The fourth-order valence-electron chi connectivity index (χ4n) is 4.28. The van der Waals surface area contributed by atoms with E-state index < -0.39 is 6.10 Å². The van der Waals surface area contributed by atoms with Gasteiger partial charge in [-0.25, -0.2) is 4.79 Å².